The monoisotopic (exact) mass is 239 g/mol. The molecule has 2 rings (SSSR count). The summed E-state index contributed by atoms with van der Waals surface area (Å²) in [5, 5.41) is 2.33. The van der Waals surface area contributed by atoms with Gasteiger partial charge in [0.1, 0.15) is 18.0 Å². The number of aliphatic imine (C=N–C) groups is 1. The van der Waals surface area contributed by atoms with E-state index in [1.54, 1.807) is 6.08 Å². The van der Waals surface area contributed by atoms with Gasteiger partial charge >= 0.3 is 0 Å². The Kier molecular flexibility index (Phi) is 3.78. The summed E-state index contributed by atoms with van der Waals surface area (Å²) in [5.41, 5.74) is 1.88. The maximum Gasteiger partial charge on any atom is 0.146 e. The Bertz CT molecular complexity index is 595. The molecule has 0 saturated carbocycles. The standard InChI is InChI=1S/C16H17NO/c1-4-9-18-16-11-14-8-6-5-7-13(14)10-15(16)17-12(2)3/h4-8,10-11H,1,9H2,2-3H3. The van der Waals surface area contributed by atoms with Crippen LogP contribution in [0.25, 0.3) is 10.8 Å². The zero-order valence-electron chi connectivity index (χ0n) is 10.8. The molecule has 0 unspecified atom stereocenters. The molecule has 2 heteroatoms. The topological polar surface area (TPSA) is 21.6 Å². The number of hydrogen-bond donors (Lipinski definition) is 0. The lowest BCUT2D eigenvalue weighted by atomic mass is 10.1. The number of ether oxygens (including phenoxy) is 1. The van der Waals surface area contributed by atoms with Crippen molar-refractivity contribution >= 4 is 22.2 Å². The molecule has 18 heavy (non-hydrogen) atoms. The highest BCUT2D eigenvalue weighted by atomic mass is 16.5. The second-order valence-electron chi connectivity index (χ2n) is 4.33. The first kappa shape index (κ1) is 12.4. The molecule has 2 aromatic rings. The third kappa shape index (κ3) is 2.77. The fourth-order valence-electron chi connectivity index (χ4n) is 1.80. The summed E-state index contributed by atoms with van der Waals surface area (Å²) < 4.78 is 5.67. The van der Waals surface area contributed by atoms with E-state index < -0.39 is 0 Å². The molecule has 0 radical (unpaired) electrons. The normalized spacial score (nSPS) is 10.1. The van der Waals surface area contributed by atoms with E-state index in [9.17, 15) is 0 Å². The molecule has 2 aromatic carbocycles. The molecular weight excluding hydrogens is 222 g/mol. The first-order valence-corrected chi connectivity index (χ1v) is 5.99. The molecule has 0 atom stereocenters. The Morgan fingerprint density at radius 2 is 1.89 bits per heavy atom. The molecular formula is C16H17NO. The summed E-state index contributed by atoms with van der Waals surface area (Å²) in [7, 11) is 0. The van der Waals surface area contributed by atoms with Crippen molar-refractivity contribution in [3.63, 3.8) is 0 Å². The van der Waals surface area contributed by atoms with Gasteiger partial charge < -0.3 is 4.74 Å². The summed E-state index contributed by atoms with van der Waals surface area (Å²) >= 11 is 0. The smallest absolute Gasteiger partial charge is 0.146 e. The average Bonchev–Trinajstić information content (AvgIpc) is 2.35. The maximum atomic E-state index is 5.67. The number of hydrogen-bond acceptors (Lipinski definition) is 2. The molecule has 0 amide bonds. The van der Waals surface area contributed by atoms with Crippen LogP contribution in [0.4, 0.5) is 5.69 Å². The number of rotatable bonds is 4. The van der Waals surface area contributed by atoms with Crippen LogP contribution in [0.5, 0.6) is 5.75 Å². The van der Waals surface area contributed by atoms with Gasteiger partial charge in [-0.3, -0.25) is 4.99 Å². The van der Waals surface area contributed by atoms with Crippen molar-refractivity contribution < 1.29 is 4.74 Å². The van der Waals surface area contributed by atoms with E-state index in [-0.39, 0.29) is 0 Å². The van der Waals surface area contributed by atoms with E-state index in [0.717, 1.165) is 22.5 Å². The zero-order chi connectivity index (χ0) is 13.0. The number of nitrogens with zero attached hydrogens (tertiary/aromatic N) is 1. The molecule has 0 fully saturated rings. The molecule has 0 saturated heterocycles. The van der Waals surface area contributed by atoms with Gasteiger partial charge in [-0.2, -0.15) is 0 Å². The minimum atomic E-state index is 0.490. The van der Waals surface area contributed by atoms with Gasteiger partial charge in [-0.1, -0.05) is 36.9 Å². The van der Waals surface area contributed by atoms with Gasteiger partial charge in [0.15, 0.2) is 0 Å². The van der Waals surface area contributed by atoms with Crippen LogP contribution in [-0.4, -0.2) is 12.3 Å². The molecule has 2 nitrogen and oxygen atoms in total. The Labute approximate surface area is 108 Å². The highest BCUT2D eigenvalue weighted by molar-refractivity contribution is 5.90. The summed E-state index contributed by atoms with van der Waals surface area (Å²) in [6.45, 7) is 8.11. The third-order valence-corrected chi connectivity index (χ3v) is 2.53. The predicted octanol–water partition coefficient (Wildman–Crippen LogP) is 4.52. The van der Waals surface area contributed by atoms with Gasteiger partial charge in [0.2, 0.25) is 0 Å². The SMILES string of the molecule is C=CCOc1cc2ccccc2cc1N=C(C)C. The summed E-state index contributed by atoms with van der Waals surface area (Å²) in [5.74, 6) is 0.801. The van der Waals surface area contributed by atoms with Crippen molar-refractivity contribution in [3.05, 3.63) is 49.1 Å². The summed E-state index contributed by atoms with van der Waals surface area (Å²) in [6, 6.07) is 12.3. The quantitative estimate of drug-likeness (QED) is 0.568. The summed E-state index contributed by atoms with van der Waals surface area (Å²) in [6.07, 6.45) is 1.74. The fourth-order valence-corrected chi connectivity index (χ4v) is 1.80. The second-order valence-corrected chi connectivity index (χ2v) is 4.33. The van der Waals surface area contributed by atoms with Crippen LogP contribution < -0.4 is 4.74 Å². The highest BCUT2D eigenvalue weighted by Gasteiger charge is 2.05. The van der Waals surface area contributed by atoms with Crippen molar-refractivity contribution in [1.82, 2.24) is 0 Å². The highest BCUT2D eigenvalue weighted by Crippen LogP contribution is 2.33. The molecule has 92 valence electrons. The van der Waals surface area contributed by atoms with Gasteiger partial charge in [-0.15, -0.1) is 0 Å². The maximum absolute atomic E-state index is 5.67. The fraction of sp³-hybridized carbons (Fsp3) is 0.188. The zero-order valence-corrected chi connectivity index (χ0v) is 10.8. The molecule has 0 heterocycles. The molecule has 0 aliphatic rings. The van der Waals surface area contributed by atoms with E-state index in [1.807, 2.05) is 32.0 Å². The van der Waals surface area contributed by atoms with Crippen molar-refractivity contribution in [3.8, 4) is 5.75 Å². The van der Waals surface area contributed by atoms with Crippen molar-refractivity contribution in [1.29, 1.82) is 0 Å². The van der Waals surface area contributed by atoms with Crippen LogP contribution in [0.1, 0.15) is 13.8 Å². The Morgan fingerprint density at radius 1 is 1.22 bits per heavy atom. The second kappa shape index (κ2) is 5.50. The van der Waals surface area contributed by atoms with Crippen LogP contribution in [0.15, 0.2) is 54.0 Å². The third-order valence-electron chi connectivity index (χ3n) is 2.53. The van der Waals surface area contributed by atoms with E-state index in [0.29, 0.717) is 6.61 Å². The van der Waals surface area contributed by atoms with Gasteiger partial charge in [0.25, 0.3) is 0 Å². The lowest BCUT2D eigenvalue weighted by Crippen LogP contribution is -1.94. The van der Waals surface area contributed by atoms with Crippen molar-refractivity contribution in [2.24, 2.45) is 4.99 Å². The minimum absolute atomic E-state index is 0.490. The van der Waals surface area contributed by atoms with Crippen LogP contribution in [0.2, 0.25) is 0 Å². The molecule has 0 bridgehead atoms. The van der Waals surface area contributed by atoms with Crippen molar-refractivity contribution in [2.45, 2.75) is 13.8 Å². The van der Waals surface area contributed by atoms with Crippen LogP contribution in [0.3, 0.4) is 0 Å². The van der Waals surface area contributed by atoms with Gasteiger partial charge in [0.05, 0.1) is 0 Å². The Hall–Kier alpha value is -2.09. The number of benzene rings is 2. The molecule has 0 spiro atoms. The Balaban J connectivity index is 2.55. The lowest BCUT2D eigenvalue weighted by Gasteiger charge is -2.09. The first-order valence-electron chi connectivity index (χ1n) is 5.99. The van der Waals surface area contributed by atoms with Gasteiger partial charge in [-0.25, -0.2) is 0 Å². The van der Waals surface area contributed by atoms with E-state index in [4.69, 9.17) is 4.74 Å². The molecule has 0 N–H and O–H groups in total. The molecule has 0 aliphatic carbocycles. The van der Waals surface area contributed by atoms with Crippen molar-refractivity contribution in [2.75, 3.05) is 6.61 Å². The predicted molar refractivity (Wildman–Crippen MR) is 78.1 cm³/mol. The minimum Gasteiger partial charge on any atom is -0.487 e. The van der Waals surface area contributed by atoms with Gasteiger partial charge in [0, 0.05) is 5.71 Å². The lowest BCUT2D eigenvalue weighted by molar-refractivity contribution is 0.365. The van der Waals surface area contributed by atoms with E-state index >= 15 is 0 Å². The van der Waals surface area contributed by atoms with Crippen LogP contribution >= 0.6 is 0 Å². The molecule has 0 aliphatic heterocycles. The summed E-state index contributed by atoms with van der Waals surface area (Å²) in [4.78, 5) is 4.52. The Morgan fingerprint density at radius 3 is 2.50 bits per heavy atom. The van der Waals surface area contributed by atoms with Gasteiger partial charge in [-0.05, 0) is 36.8 Å². The average molecular weight is 239 g/mol. The molecule has 0 aromatic heterocycles. The first-order chi connectivity index (χ1) is 8.70. The number of fused-ring (bicyclic) bond motifs is 1. The largest absolute Gasteiger partial charge is 0.487 e. The van der Waals surface area contributed by atoms with Crippen LogP contribution in [-0.2, 0) is 0 Å². The van der Waals surface area contributed by atoms with Crippen LogP contribution in [0, 0.1) is 0 Å². The van der Waals surface area contributed by atoms with E-state index in [1.165, 1.54) is 5.39 Å². The van der Waals surface area contributed by atoms with E-state index in [2.05, 4.69) is 29.8 Å².